The zero-order chi connectivity index (χ0) is 22.6. The van der Waals surface area contributed by atoms with Gasteiger partial charge in [-0.1, -0.05) is 36.1 Å². The molecule has 0 aromatic heterocycles. The molecule has 0 fully saturated rings. The van der Waals surface area contributed by atoms with E-state index in [1.807, 2.05) is 60.7 Å². The molecule has 0 atom stereocenters. The average molecular weight is 420 g/mol. The Kier molecular flexibility index (Phi) is 8.39. The smallest absolute Gasteiger partial charge is 0.134 e. The van der Waals surface area contributed by atoms with E-state index in [1.165, 1.54) is 0 Å². The minimum Gasteiger partial charge on any atom is -0.494 e. The maximum Gasteiger partial charge on any atom is 0.134 e. The minimum atomic E-state index is 0.627. The van der Waals surface area contributed by atoms with Gasteiger partial charge < -0.3 is 9.47 Å². The van der Waals surface area contributed by atoms with E-state index in [1.54, 1.807) is 6.07 Å². The molecule has 3 heteroatoms. The third kappa shape index (κ3) is 6.43. The highest BCUT2D eigenvalue weighted by molar-refractivity contribution is 5.65. The standard InChI is InChI=1S/C29H25NO2/c1-3-23-11-18-29(25(4-2)21-23)32-20-8-6-5-7-19-31-28-16-14-27(15-17-28)26-12-9-24(22-30)10-13-26/h1-2,9-18,21H,5-8,19-20H2. The molecular weight excluding hydrogens is 394 g/mol. The summed E-state index contributed by atoms with van der Waals surface area (Å²) in [5.41, 5.74) is 4.30. The molecule has 0 radical (unpaired) electrons. The van der Waals surface area contributed by atoms with Crippen molar-refractivity contribution in [3.63, 3.8) is 0 Å². The fourth-order valence-electron chi connectivity index (χ4n) is 3.27. The van der Waals surface area contributed by atoms with E-state index in [9.17, 15) is 0 Å². The minimum absolute atomic E-state index is 0.627. The first-order valence-electron chi connectivity index (χ1n) is 10.7. The number of benzene rings is 3. The molecular formula is C29H25NO2. The van der Waals surface area contributed by atoms with Crippen LogP contribution in [0.15, 0.2) is 66.7 Å². The van der Waals surface area contributed by atoms with Gasteiger partial charge in [0.25, 0.3) is 0 Å². The van der Waals surface area contributed by atoms with Crippen molar-refractivity contribution in [3.8, 4) is 53.4 Å². The van der Waals surface area contributed by atoms with Crippen molar-refractivity contribution in [2.45, 2.75) is 25.7 Å². The number of hydrogen-bond acceptors (Lipinski definition) is 3. The van der Waals surface area contributed by atoms with E-state index in [4.69, 9.17) is 27.6 Å². The van der Waals surface area contributed by atoms with E-state index in [-0.39, 0.29) is 0 Å². The van der Waals surface area contributed by atoms with Crippen LogP contribution in [0, 0.1) is 36.0 Å². The van der Waals surface area contributed by atoms with Gasteiger partial charge in [0.15, 0.2) is 0 Å². The molecule has 0 aliphatic heterocycles. The number of terminal acetylenes is 2. The van der Waals surface area contributed by atoms with Gasteiger partial charge in [-0.2, -0.15) is 5.26 Å². The molecule has 0 saturated heterocycles. The molecule has 3 rings (SSSR count). The number of ether oxygens (including phenoxy) is 2. The van der Waals surface area contributed by atoms with E-state index >= 15 is 0 Å². The molecule has 0 amide bonds. The zero-order valence-corrected chi connectivity index (χ0v) is 18.0. The van der Waals surface area contributed by atoms with E-state index < -0.39 is 0 Å². The van der Waals surface area contributed by atoms with Crippen LogP contribution < -0.4 is 9.47 Å². The van der Waals surface area contributed by atoms with Crippen molar-refractivity contribution in [2.75, 3.05) is 13.2 Å². The molecule has 3 aromatic carbocycles. The van der Waals surface area contributed by atoms with Crippen LogP contribution in [0.2, 0.25) is 0 Å². The van der Waals surface area contributed by atoms with Crippen LogP contribution in [-0.2, 0) is 0 Å². The summed E-state index contributed by atoms with van der Waals surface area (Å²) in [6.07, 6.45) is 15.0. The van der Waals surface area contributed by atoms with Crippen molar-refractivity contribution >= 4 is 0 Å². The molecule has 0 N–H and O–H groups in total. The van der Waals surface area contributed by atoms with Gasteiger partial charge in [-0.25, -0.2) is 0 Å². The molecule has 0 aliphatic carbocycles. The third-order valence-corrected chi connectivity index (χ3v) is 5.07. The lowest BCUT2D eigenvalue weighted by molar-refractivity contribution is 0.287. The van der Waals surface area contributed by atoms with Crippen molar-refractivity contribution < 1.29 is 9.47 Å². The third-order valence-electron chi connectivity index (χ3n) is 5.07. The molecule has 3 nitrogen and oxygen atoms in total. The Hall–Kier alpha value is -4.13. The first-order valence-corrected chi connectivity index (χ1v) is 10.7. The molecule has 0 spiro atoms. The van der Waals surface area contributed by atoms with E-state index in [2.05, 4.69) is 17.9 Å². The quantitative estimate of drug-likeness (QED) is 0.290. The number of rotatable bonds is 10. The summed E-state index contributed by atoms with van der Waals surface area (Å²) in [6.45, 7) is 1.31. The molecule has 0 heterocycles. The highest BCUT2D eigenvalue weighted by Gasteiger charge is 2.03. The lowest BCUT2D eigenvalue weighted by Gasteiger charge is -2.09. The maximum absolute atomic E-state index is 8.90. The summed E-state index contributed by atoms with van der Waals surface area (Å²) in [5.74, 6) is 6.77. The van der Waals surface area contributed by atoms with Crippen LogP contribution in [0.4, 0.5) is 0 Å². The molecule has 0 saturated carbocycles. The predicted octanol–water partition coefficient (Wildman–Crippen LogP) is 6.21. The fraction of sp³-hybridized carbons (Fsp3) is 0.207. The van der Waals surface area contributed by atoms with Crippen LogP contribution in [0.1, 0.15) is 42.4 Å². The highest BCUT2D eigenvalue weighted by Crippen LogP contribution is 2.23. The van der Waals surface area contributed by atoms with Crippen LogP contribution in [0.5, 0.6) is 11.5 Å². The summed E-state index contributed by atoms with van der Waals surface area (Å²) in [6, 6.07) is 23.2. The van der Waals surface area contributed by atoms with Crippen molar-refractivity contribution in [1.82, 2.24) is 0 Å². The van der Waals surface area contributed by atoms with Gasteiger partial charge in [0, 0.05) is 5.56 Å². The average Bonchev–Trinajstić information content (AvgIpc) is 2.86. The first-order chi connectivity index (χ1) is 15.7. The van der Waals surface area contributed by atoms with E-state index in [0.717, 1.165) is 48.1 Å². The van der Waals surface area contributed by atoms with Gasteiger partial charge in [0.2, 0.25) is 0 Å². The van der Waals surface area contributed by atoms with Crippen LogP contribution in [0.3, 0.4) is 0 Å². The van der Waals surface area contributed by atoms with Gasteiger partial charge in [-0.15, -0.1) is 12.8 Å². The Balaban J connectivity index is 1.32. The van der Waals surface area contributed by atoms with Gasteiger partial charge in [-0.3, -0.25) is 0 Å². The van der Waals surface area contributed by atoms with Gasteiger partial charge in [0.05, 0.1) is 30.4 Å². The molecule has 158 valence electrons. The Morgan fingerprint density at radius 1 is 0.656 bits per heavy atom. The van der Waals surface area contributed by atoms with Gasteiger partial charge in [0.1, 0.15) is 11.5 Å². The number of nitrogens with zero attached hydrogens (tertiary/aromatic N) is 1. The predicted molar refractivity (Wildman–Crippen MR) is 128 cm³/mol. The van der Waals surface area contributed by atoms with Crippen molar-refractivity contribution in [1.29, 1.82) is 5.26 Å². The Morgan fingerprint density at radius 3 is 1.84 bits per heavy atom. The Bertz CT molecular complexity index is 1140. The molecule has 3 aromatic rings. The zero-order valence-electron chi connectivity index (χ0n) is 18.0. The highest BCUT2D eigenvalue weighted by atomic mass is 16.5. The fourth-order valence-corrected chi connectivity index (χ4v) is 3.27. The topological polar surface area (TPSA) is 42.2 Å². The normalized spacial score (nSPS) is 9.91. The van der Waals surface area contributed by atoms with Crippen molar-refractivity contribution in [3.05, 3.63) is 83.4 Å². The van der Waals surface area contributed by atoms with Gasteiger partial charge in [-0.05, 0) is 79.3 Å². The summed E-state index contributed by atoms with van der Waals surface area (Å²) in [5, 5.41) is 8.90. The number of hydrogen-bond donors (Lipinski definition) is 0. The maximum atomic E-state index is 8.90. The first kappa shape index (κ1) is 22.6. The molecule has 0 aliphatic rings. The van der Waals surface area contributed by atoms with Crippen LogP contribution in [-0.4, -0.2) is 13.2 Å². The van der Waals surface area contributed by atoms with Crippen LogP contribution >= 0.6 is 0 Å². The number of nitriles is 1. The molecule has 0 bridgehead atoms. The lowest BCUT2D eigenvalue weighted by atomic mass is 10.0. The molecule has 32 heavy (non-hydrogen) atoms. The second-order valence-electron chi connectivity index (χ2n) is 7.32. The monoisotopic (exact) mass is 419 g/mol. The van der Waals surface area contributed by atoms with Crippen LogP contribution in [0.25, 0.3) is 11.1 Å². The summed E-state index contributed by atoms with van der Waals surface area (Å²) >= 11 is 0. The largest absolute Gasteiger partial charge is 0.494 e. The SMILES string of the molecule is C#Cc1ccc(OCCCCCCOc2ccc(-c3ccc(C#N)cc3)cc2)c(C#C)c1. The summed E-state index contributed by atoms with van der Waals surface area (Å²) in [4.78, 5) is 0. The van der Waals surface area contributed by atoms with Gasteiger partial charge >= 0.3 is 0 Å². The summed E-state index contributed by atoms with van der Waals surface area (Å²) < 4.78 is 11.7. The van der Waals surface area contributed by atoms with Crippen molar-refractivity contribution in [2.24, 2.45) is 0 Å². The Morgan fingerprint density at radius 2 is 1.25 bits per heavy atom. The second kappa shape index (κ2) is 11.9. The molecule has 0 unspecified atom stereocenters. The lowest BCUT2D eigenvalue weighted by Crippen LogP contribution is -2.01. The number of unbranched alkanes of at least 4 members (excludes halogenated alkanes) is 3. The Labute approximate surface area is 190 Å². The second-order valence-corrected chi connectivity index (χ2v) is 7.32. The summed E-state index contributed by atoms with van der Waals surface area (Å²) in [7, 11) is 0. The van der Waals surface area contributed by atoms with E-state index in [0.29, 0.717) is 30.1 Å².